The Morgan fingerprint density at radius 1 is 1.53 bits per heavy atom. The number of ether oxygens (including phenoxy) is 1. The second-order valence-electron chi connectivity index (χ2n) is 3.99. The second-order valence-corrected chi connectivity index (χ2v) is 5.60. The Hall–Kier alpha value is -1.21. The van der Waals surface area contributed by atoms with Gasteiger partial charge in [0.05, 0.1) is 29.9 Å². The number of nitrogens with zero attached hydrogens (tertiary/aromatic N) is 1. The molecular weight excluding hydrogens is 290 g/mol. The highest BCUT2D eigenvalue weighted by Gasteiger charge is 2.22. The molecule has 2 N–H and O–H groups in total. The van der Waals surface area contributed by atoms with Crippen molar-refractivity contribution >= 4 is 39.1 Å². The fourth-order valence-electron chi connectivity index (χ4n) is 1.68. The zero-order valence-electron chi connectivity index (χ0n) is 10.0. The number of fused-ring (bicyclic) bond motifs is 1. The average molecular weight is 302 g/mol. The predicted molar refractivity (Wildman–Crippen MR) is 72.2 cm³/mol. The first-order valence-corrected chi connectivity index (χ1v) is 6.69. The number of carbonyl (C=O) groups excluding carboxylic acids is 1. The van der Waals surface area contributed by atoms with Gasteiger partial charge in [-0.25, -0.2) is 4.98 Å². The minimum Gasteiger partial charge on any atom is -0.469 e. The van der Waals surface area contributed by atoms with E-state index in [1.54, 1.807) is 18.2 Å². The summed E-state index contributed by atoms with van der Waals surface area (Å²) in [6.07, 6.45) is -2.64. The van der Waals surface area contributed by atoms with Crippen molar-refractivity contribution in [3.63, 3.8) is 0 Å². The van der Waals surface area contributed by atoms with Crippen LogP contribution < -0.4 is 0 Å². The number of methoxy groups -OCH3 is 1. The van der Waals surface area contributed by atoms with Gasteiger partial charge in [-0.3, -0.25) is 4.79 Å². The summed E-state index contributed by atoms with van der Waals surface area (Å²) in [6.45, 7) is 0. The first-order chi connectivity index (χ1) is 9.01. The Morgan fingerprint density at radius 3 is 2.95 bits per heavy atom. The van der Waals surface area contributed by atoms with Gasteiger partial charge in [0, 0.05) is 0 Å². The molecule has 19 heavy (non-hydrogen) atoms. The zero-order valence-corrected chi connectivity index (χ0v) is 11.6. The van der Waals surface area contributed by atoms with Gasteiger partial charge in [-0.15, -0.1) is 11.3 Å². The van der Waals surface area contributed by atoms with Gasteiger partial charge in [0.25, 0.3) is 0 Å². The molecule has 102 valence electrons. The smallest absolute Gasteiger partial charge is 0.308 e. The number of aromatic nitrogens is 1. The monoisotopic (exact) mass is 301 g/mol. The third-order valence-electron chi connectivity index (χ3n) is 2.70. The van der Waals surface area contributed by atoms with E-state index >= 15 is 0 Å². The maximum Gasteiger partial charge on any atom is 0.308 e. The van der Waals surface area contributed by atoms with Crippen LogP contribution in [0, 0.1) is 0 Å². The molecule has 2 atom stereocenters. The highest BCUT2D eigenvalue weighted by Crippen LogP contribution is 2.29. The van der Waals surface area contributed by atoms with E-state index in [0.29, 0.717) is 10.0 Å². The third-order valence-corrected chi connectivity index (χ3v) is 3.82. The lowest BCUT2D eigenvalue weighted by Gasteiger charge is -2.17. The van der Waals surface area contributed by atoms with E-state index in [4.69, 9.17) is 11.6 Å². The summed E-state index contributed by atoms with van der Waals surface area (Å²) in [6, 6.07) is 5.05. The largest absolute Gasteiger partial charge is 0.469 e. The van der Waals surface area contributed by atoms with Gasteiger partial charge in [0.1, 0.15) is 6.10 Å². The standard InChI is InChI=1S/C12H12ClNO4S/c1-18-10(16)5-8(15)11(17)6-2-3-7-9(4-6)19-12(13)14-7/h2-4,8,11,15,17H,5H2,1H3. The highest BCUT2D eigenvalue weighted by molar-refractivity contribution is 7.22. The summed E-state index contributed by atoms with van der Waals surface area (Å²) in [5.74, 6) is -0.575. The fourth-order valence-corrected chi connectivity index (χ4v) is 2.76. The summed E-state index contributed by atoms with van der Waals surface area (Å²) in [4.78, 5) is 15.1. The van der Waals surface area contributed by atoms with E-state index in [9.17, 15) is 15.0 Å². The van der Waals surface area contributed by atoms with E-state index in [-0.39, 0.29) is 6.42 Å². The molecule has 0 radical (unpaired) electrons. The minimum atomic E-state index is -1.21. The second kappa shape index (κ2) is 5.83. The van der Waals surface area contributed by atoms with Gasteiger partial charge >= 0.3 is 5.97 Å². The van der Waals surface area contributed by atoms with Crippen LogP contribution in [0.15, 0.2) is 18.2 Å². The van der Waals surface area contributed by atoms with Crippen molar-refractivity contribution in [3.8, 4) is 0 Å². The van der Waals surface area contributed by atoms with Gasteiger partial charge in [-0.1, -0.05) is 17.7 Å². The molecule has 1 aromatic carbocycles. The van der Waals surface area contributed by atoms with E-state index < -0.39 is 18.2 Å². The number of benzene rings is 1. The van der Waals surface area contributed by atoms with Crippen LogP contribution in [-0.4, -0.2) is 34.4 Å². The summed E-state index contributed by atoms with van der Waals surface area (Å²) in [7, 11) is 1.23. The highest BCUT2D eigenvalue weighted by atomic mass is 35.5. The number of aliphatic hydroxyl groups is 2. The number of thiazole rings is 1. The molecule has 2 unspecified atom stereocenters. The third kappa shape index (κ3) is 3.22. The van der Waals surface area contributed by atoms with Crippen molar-refractivity contribution in [2.24, 2.45) is 0 Å². The quantitative estimate of drug-likeness (QED) is 0.843. The van der Waals surface area contributed by atoms with Gasteiger partial charge in [-0.05, 0) is 17.7 Å². The van der Waals surface area contributed by atoms with Crippen LogP contribution in [0.2, 0.25) is 4.47 Å². The predicted octanol–water partition coefficient (Wildman–Crippen LogP) is 1.91. The number of aliphatic hydroxyl groups excluding tert-OH is 2. The Labute approximate surface area is 118 Å². The summed E-state index contributed by atoms with van der Waals surface area (Å²) < 4.78 is 5.67. The molecule has 0 saturated carbocycles. The molecule has 0 aliphatic rings. The lowest BCUT2D eigenvalue weighted by atomic mass is 10.0. The van der Waals surface area contributed by atoms with Crippen LogP contribution in [-0.2, 0) is 9.53 Å². The lowest BCUT2D eigenvalue weighted by molar-refractivity contribution is -0.144. The molecule has 0 aliphatic carbocycles. The normalized spacial score (nSPS) is 14.3. The van der Waals surface area contributed by atoms with Gasteiger partial charge in [0.15, 0.2) is 4.47 Å². The number of hydrogen-bond acceptors (Lipinski definition) is 6. The van der Waals surface area contributed by atoms with Crippen molar-refractivity contribution in [3.05, 3.63) is 28.2 Å². The van der Waals surface area contributed by atoms with Crippen LogP contribution in [0.5, 0.6) is 0 Å². The number of carbonyl (C=O) groups is 1. The summed E-state index contributed by atoms with van der Waals surface area (Å²) in [5, 5.41) is 19.8. The number of rotatable bonds is 4. The SMILES string of the molecule is COC(=O)CC(O)C(O)c1ccc2nc(Cl)sc2c1. The molecule has 0 saturated heterocycles. The van der Waals surface area contributed by atoms with E-state index in [1.165, 1.54) is 18.4 Å². The Morgan fingerprint density at radius 2 is 2.26 bits per heavy atom. The molecule has 0 spiro atoms. The lowest BCUT2D eigenvalue weighted by Crippen LogP contribution is -2.22. The van der Waals surface area contributed by atoms with Gasteiger partial charge in [0.2, 0.25) is 0 Å². The summed E-state index contributed by atoms with van der Waals surface area (Å²) in [5.41, 5.74) is 1.23. The molecule has 0 fully saturated rings. The molecule has 7 heteroatoms. The van der Waals surface area contributed by atoms with Crippen molar-refractivity contribution in [1.82, 2.24) is 4.98 Å². The van der Waals surface area contributed by atoms with Crippen LogP contribution in [0.1, 0.15) is 18.1 Å². The van der Waals surface area contributed by atoms with Gasteiger partial charge < -0.3 is 14.9 Å². The van der Waals surface area contributed by atoms with E-state index in [1.807, 2.05) is 0 Å². The molecule has 1 aromatic heterocycles. The van der Waals surface area contributed by atoms with Crippen molar-refractivity contribution in [2.75, 3.05) is 7.11 Å². The average Bonchev–Trinajstić information content (AvgIpc) is 2.76. The topological polar surface area (TPSA) is 79.7 Å². The molecule has 0 aliphatic heterocycles. The molecular formula is C12H12ClNO4S. The first kappa shape index (κ1) is 14.2. The zero-order chi connectivity index (χ0) is 14.0. The Balaban J connectivity index is 2.20. The van der Waals surface area contributed by atoms with Crippen molar-refractivity contribution in [1.29, 1.82) is 0 Å². The number of halogens is 1. The van der Waals surface area contributed by atoms with Gasteiger partial charge in [-0.2, -0.15) is 0 Å². The first-order valence-electron chi connectivity index (χ1n) is 5.50. The van der Waals surface area contributed by atoms with Crippen molar-refractivity contribution in [2.45, 2.75) is 18.6 Å². The van der Waals surface area contributed by atoms with Crippen LogP contribution in [0.25, 0.3) is 10.2 Å². The molecule has 2 rings (SSSR count). The van der Waals surface area contributed by atoms with E-state index in [2.05, 4.69) is 9.72 Å². The molecule has 0 amide bonds. The number of hydrogen-bond donors (Lipinski definition) is 2. The molecule has 2 aromatic rings. The fraction of sp³-hybridized carbons (Fsp3) is 0.333. The van der Waals surface area contributed by atoms with Crippen LogP contribution in [0.3, 0.4) is 0 Å². The maximum atomic E-state index is 11.1. The molecule has 1 heterocycles. The minimum absolute atomic E-state index is 0.265. The van der Waals surface area contributed by atoms with Crippen molar-refractivity contribution < 1.29 is 19.7 Å². The van der Waals surface area contributed by atoms with E-state index in [0.717, 1.165) is 10.2 Å². The summed E-state index contributed by atoms with van der Waals surface area (Å²) >= 11 is 7.08. The molecule has 0 bridgehead atoms. The molecule has 5 nitrogen and oxygen atoms in total. The Kier molecular flexibility index (Phi) is 4.36. The van der Waals surface area contributed by atoms with Crippen LogP contribution in [0.4, 0.5) is 0 Å². The van der Waals surface area contributed by atoms with Crippen LogP contribution >= 0.6 is 22.9 Å². The Bertz CT molecular complexity index is 600. The maximum absolute atomic E-state index is 11.1. The number of esters is 1.